The molecular weight excluding hydrogens is 168 g/mol. The van der Waals surface area contributed by atoms with Crippen molar-refractivity contribution in [2.24, 2.45) is 0 Å². The first-order chi connectivity index (χ1) is 5.88. The van der Waals surface area contributed by atoms with E-state index < -0.39 is 0 Å². The van der Waals surface area contributed by atoms with Crippen molar-refractivity contribution in [2.45, 2.75) is 44.3 Å². The number of hydrogen-bond donors (Lipinski definition) is 0. The first-order valence-electron chi connectivity index (χ1n) is 4.78. The highest BCUT2D eigenvalue weighted by Gasteiger charge is 2.34. The Morgan fingerprint density at radius 1 is 1.67 bits per heavy atom. The van der Waals surface area contributed by atoms with Gasteiger partial charge in [0.15, 0.2) is 5.94 Å². The minimum absolute atomic E-state index is 0.285. The summed E-state index contributed by atoms with van der Waals surface area (Å²) < 4.78 is 0. The van der Waals surface area contributed by atoms with Gasteiger partial charge >= 0.3 is 0 Å². The summed E-state index contributed by atoms with van der Waals surface area (Å²) >= 11 is 0. The second kappa shape index (κ2) is 5.45. The van der Waals surface area contributed by atoms with Crippen LogP contribution in [0.2, 0.25) is 0 Å². The summed E-state index contributed by atoms with van der Waals surface area (Å²) in [5.41, 5.74) is 0. The fourth-order valence-corrected chi connectivity index (χ4v) is 3.95. The predicted octanol–water partition coefficient (Wildman–Crippen LogP) is 2.30. The summed E-state index contributed by atoms with van der Waals surface area (Å²) in [6.07, 6.45) is 6.56. The molecule has 1 saturated heterocycles. The largest absolute Gasteiger partial charge is 0.229 e. The van der Waals surface area contributed by atoms with Gasteiger partial charge in [0.2, 0.25) is 5.41 Å². The topological polar surface area (TPSA) is 17.1 Å². The molecule has 68 valence electrons. The fraction of sp³-hybridized carbons (Fsp3) is 0.800. The number of unbranched alkanes of at least 4 members (excludes halogenated alkanes) is 1. The Kier molecular flexibility index (Phi) is 4.49. The average Bonchev–Trinajstić information content (AvgIpc) is 2.50. The molecule has 1 nitrogen and oxygen atoms in total. The molecule has 0 aromatic carbocycles. The number of carbonyl (C=O) groups excluding carboxylic acids is 1. The van der Waals surface area contributed by atoms with Crippen LogP contribution in [0.1, 0.15) is 39.0 Å². The summed E-state index contributed by atoms with van der Waals surface area (Å²) in [7, 11) is 0.285. The standard InChI is InChI=1S/C10H17OS/c1-2-3-5-10-6-4-8-12(10)9-7-11/h9-10H,2-6,8H2,1H3/q+1. The van der Waals surface area contributed by atoms with Crippen molar-refractivity contribution in [3.63, 3.8) is 0 Å². The highest BCUT2D eigenvalue weighted by Crippen LogP contribution is 2.26. The van der Waals surface area contributed by atoms with Gasteiger partial charge in [-0.1, -0.05) is 13.3 Å². The molecular formula is C10H17OS+. The van der Waals surface area contributed by atoms with Gasteiger partial charge in [-0.3, -0.25) is 0 Å². The lowest BCUT2D eigenvalue weighted by Gasteiger charge is -2.05. The molecule has 1 aliphatic heterocycles. The Morgan fingerprint density at radius 3 is 3.17 bits per heavy atom. The number of rotatable bonds is 4. The van der Waals surface area contributed by atoms with Crippen LogP contribution in [-0.2, 0) is 15.7 Å². The van der Waals surface area contributed by atoms with Gasteiger partial charge in [-0.25, -0.2) is 4.79 Å². The molecule has 0 saturated carbocycles. The molecule has 0 amide bonds. The molecule has 0 spiro atoms. The third kappa shape index (κ3) is 2.69. The predicted molar refractivity (Wildman–Crippen MR) is 55.0 cm³/mol. The van der Waals surface area contributed by atoms with E-state index >= 15 is 0 Å². The van der Waals surface area contributed by atoms with Crippen molar-refractivity contribution in [3.8, 4) is 0 Å². The molecule has 0 radical (unpaired) electrons. The van der Waals surface area contributed by atoms with Crippen molar-refractivity contribution in [1.82, 2.24) is 0 Å². The Bertz CT molecular complexity index is 173. The van der Waals surface area contributed by atoms with Crippen LogP contribution < -0.4 is 0 Å². The molecule has 0 bridgehead atoms. The first-order valence-corrected chi connectivity index (χ1v) is 6.30. The van der Waals surface area contributed by atoms with E-state index in [0.29, 0.717) is 0 Å². The second-order valence-electron chi connectivity index (χ2n) is 3.32. The Morgan fingerprint density at radius 2 is 2.50 bits per heavy atom. The summed E-state index contributed by atoms with van der Waals surface area (Å²) in [6, 6.07) is 0. The fourth-order valence-electron chi connectivity index (χ4n) is 1.74. The SMILES string of the molecule is CCCCC1CCC[S+]1C=C=O. The van der Waals surface area contributed by atoms with Crippen LogP contribution in [-0.4, -0.2) is 16.9 Å². The minimum Gasteiger partial charge on any atom is -0.229 e. The molecule has 0 aromatic heterocycles. The van der Waals surface area contributed by atoms with E-state index in [1.54, 1.807) is 5.41 Å². The van der Waals surface area contributed by atoms with E-state index in [-0.39, 0.29) is 10.9 Å². The highest BCUT2D eigenvalue weighted by atomic mass is 32.2. The van der Waals surface area contributed by atoms with Gasteiger partial charge in [0.25, 0.3) is 0 Å². The smallest absolute Gasteiger partial charge is 0.202 e. The van der Waals surface area contributed by atoms with Crippen molar-refractivity contribution in [1.29, 1.82) is 0 Å². The molecule has 12 heavy (non-hydrogen) atoms. The quantitative estimate of drug-likeness (QED) is 0.485. The van der Waals surface area contributed by atoms with E-state index in [1.165, 1.54) is 37.9 Å². The molecule has 2 unspecified atom stereocenters. The Hall–Kier alpha value is -0.200. The van der Waals surface area contributed by atoms with Crippen LogP contribution in [0.3, 0.4) is 0 Å². The molecule has 2 heteroatoms. The second-order valence-corrected chi connectivity index (χ2v) is 5.57. The molecule has 0 N–H and O–H groups in total. The van der Waals surface area contributed by atoms with Crippen LogP contribution in [0.5, 0.6) is 0 Å². The van der Waals surface area contributed by atoms with Gasteiger partial charge < -0.3 is 0 Å². The van der Waals surface area contributed by atoms with Crippen LogP contribution in [0.25, 0.3) is 0 Å². The highest BCUT2D eigenvalue weighted by molar-refractivity contribution is 8.00. The van der Waals surface area contributed by atoms with Gasteiger partial charge in [0.1, 0.15) is 11.0 Å². The lowest BCUT2D eigenvalue weighted by molar-refractivity contribution is 0.569. The van der Waals surface area contributed by atoms with E-state index in [9.17, 15) is 4.79 Å². The van der Waals surface area contributed by atoms with Crippen molar-refractivity contribution in [2.75, 3.05) is 5.75 Å². The van der Waals surface area contributed by atoms with Gasteiger partial charge in [0.05, 0.1) is 0 Å². The van der Waals surface area contributed by atoms with Crippen LogP contribution in [0.4, 0.5) is 0 Å². The summed E-state index contributed by atoms with van der Waals surface area (Å²) in [4.78, 5) is 10.2. The maximum absolute atomic E-state index is 10.2. The van der Waals surface area contributed by atoms with E-state index in [0.717, 1.165) is 5.25 Å². The minimum atomic E-state index is 0.285. The van der Waals surface area contributed by atoms with Gasteiger partial charge in [-0.2, -0.15) is 0 Å². The van der Waals surface area contributed by atoms with Crippen molar-refractivity contribution >= 4 is 16.8 Å². The summed E-state index contributed by atoms with van der Waals surface area (Å²) in [5, 5.41) is 2.58. The number of hydrogen-bond acceptors (Lipinski definition) is 1. The van der Waals surface area contributed by atoms with Crippen LogP contribution in [0.15, 0.2) is 5.41 Å². The zero-order chi connectivity index (χ0) is 8.81. The van der Waals surface area contributed by atoms with Crippen LogP contribution in [0, 0.1) is 0 Å². The third-order valence-electron chi connectivity index (χ3n) is 2.41. The zero-order valence-corrected chi connectivity index (χ0v) is 8.53. The van der Waals surface area contributed by atoms with Crippen LogP contribution >= 0.6 is 0 Å². The zero-order valence-electron chi connectivity index (χ0n) is 7.71. The molecule has 1 fully saturated rings. The third-order valence-corrected chi connectivity index (χ3v) is 4.90. The molecule has 0 aromatic rings. The normalized spacial score (nSPS) is 28.4. The van der Waals surface area contributed by atoms with Gasteiger partial charge in [-0.15, -0.1) is 0 Å². The van der Waals surface area contributed by atoms with E-state index in [2.05, 4.69) is 6.92 Å². The van der Waals surface area contributed by atoms with Crippen molar-refractivity contribution in [3.05, 3.63) is 5.41 Å². The monoisotopic (exact) mass is 185 g/mol. The lowest BCUT2D eigenvalue weighted by atomic mass is 10.1. The Labute approximate surface area is 77.6 Å². The molecule has 1 heterocycles. The molecule has 0 aliphatic carbocycles. The molecule has 2 atom stereocenters. The molecule has 1 aliphatic rings. The summed E-state index contributed by atoms with van der Waals surface area (Å²) in [6.45, 7) is 2.22. The average molecular weight is 185 g/mol. The molecule has 1 rings (SSSR count). The van der Waals surface area contributed by atoms with E-state index in [4.69, 9.17) is 0 Å². The summed E-state index contributed by atoms with van der Waals surface area (Å²) in [5.74, 6) is 3.19. The maximum Gasteiger partial charge on any atom is 0.202 e. The van der Waals surface area contributed by atoms with Gasteiger partial charge in [-0.05, 0) is 25.7 Å². The van der Waals surface area contributed by atoms with Gasteiger partial charge in [0, 0.05) is 10.9 Å². The van der Waals surface area contributed by atoms with Crippen molar-refractivity contribution < 1.29 is 4.79 Å². The van der Waals surface area contributed by atoms with E-state index in [1.807, 2.05) is 5.94 Å². The Balaban J connectivity index is 2.35. The first kappa shape index (κ1) is 9.88. The maximum atomic E-state index is 10.2. The lowest BCUT2D eigenvalue weighted by Crippen LogP contribution is -2.13.